The predicted molar refractivity (Wildman–Crippen MR) is 179 cm³/mol. The van der Waals surface area contributed by atoms with Crippen LogP contribution in [0.3, 0.4) is 0 Å². The molecule has 3 aliphatic rings. The highest BCUT2D eigenvalue weighted by molar-refractivity contribution is 6.31. The molecule has 2 atom stereocenters. The zero-order chi connectivity index (χ0) is 31.7. The summed E-state index contributed by atoms with van der Waals surface area (Å²) in [5.74, 6) is -1.85. The lowest BCUT2D eigenvalue weighted by Gasteiger charge is -2.54. The summed E-state index contributed by atoms with van der Waals surface area (Å²) in [4.78, 5) is 28.4. The van der Waals surface area contributed by atoms with Gasteiger partial charge in [-0.15, -0.1) is 0 Å². The Hall–Kier alpha value is -3.39. The highest BCUT2D eigenvalue weighted by atomic mass is 35.5. The van der Waals surface area contributed by atoms with Gasteiger partial charge in [-0.2, -0.15) is 4.89 Å². The topological polar surface area (TPSA) is 56.8 Å². The number of rotatable bonds is 4. The van der Waals surface area contributed by atoms with E-state index in [9.17, 15) is 0 Å². The van der Waals surface area contributed by atoms with Gasteiger partial charge in [0.25, 0.3) is 5.91 Å². The molecule has 1 N–H and O–H groups in total. The molecular formula is C37H25Cl4NO4. The number of hydrogen-bond donors (Lipinski definition) is 1. The van der Waals surface area contributed by atoms with Crippen LogP contribution in [0.25, 0.3) is 0 Å². The molecule has 3 heterocycles. The first-order valence-electron chi connectivity index (χ1n) is 14.7. The molecule has 230 valence electrons. The molecule has 46 heavy (non-hydrogen) atoms. The Balaban J connectivity index is 1.40. The number of nitrogens with one attached hydrogen (secondary N) is 1. The van der Waals surface area contributed by atoms with Crippen LogP contribution in [0.2, 0.25) is 20.1 Å². The van der Waals surface area contributed by atoms with Gasteiger partial charge in [0.05, 0.1) is 0 Å². The Morgan fingerprint density at radius 2 is 0.935 bits per heavy atom. The molecule has 0 radical (unpaired) electrons. The van der Waals surface area contributed by atoms with Crippen molar-refractivity contribution in [1.29, 1.82) is 0 Å². The number of anilines is 1. The second kappa shape index (κ2) is 10.8. The molecule has 0 bridgehead atoms. The maximum absolute atomic E-state index is 15.2. The van der Waals surface area contributed by atoms with Crippen molar-refractivity contribution < 1.29 is 19.3 Å². The Bertz CT molecular complexity index is 1870. The lowest BCUT2D eigenvalue weighted by Crippen LogP contribution is -2.66. The minimum atomic E-state index is -1.72. The monoisotopic (exact) mass is 687 g/mol. The van der Waals surface area contributed by atoms with Crippen molar-refractivity contribution in [3.05, 3.63) is 169 Å². The molecule has 2 fully saturated rings. The fraction of sp³-hybridized carbons (Fsp3) is 0.162. The van der Waals surface area contributed by atoms with Crippen molar-refractivity contribution in [3.63, 3.8) is 0 Å². The van der Waals surface area contributed by atoms with Crippen molar-refractivity contribution in [1.82, 2.24) is 0 Å². The minimum Gasteiger partial charge on any atom is -0.331 e. The van der Waals surface area contributed by atoms with E-state index >= 15 is 4.79 Å². The van der Waals surface area contributed by atoms with Crippen molar-refractivity contribution in [2.45, 2.75) is 30.0 Å². The van der Waals surface area contributed by atoms with Gasteiger partial charge in [-0.05, 0) is 82.9 Å². The SMILES string of the molecule is O=C1c2ccccc2NC23OOC(c4ccc(Cl)cc4)(c4ccc(Cl)cc4)CC12CC(c1ccc(Cl)cc1)(c1ccc(Cl)cc1)O3. The molecule has 5 aromatic rings. The first-order chi connectivity index (χ1) is 22.2. The van der Waals surface area contributed by atoms with Gasteiger partial charge < -0.3 is 10.1 Å². The maximum atomic E-state index is 15.2. The molecule has 2 saturated heterocycles. The first kappa shape index (κ1) is 30.0. The van der Waals surface area contributed by atoms with E-state index in [0.29, 0.717) is 31.3 Å². The summed E-state index contributed by atoms with van der Waals surface area (Å²) in [6.45, 7) is 0. The quantitative estimate of drug-likeness (QED) is 0.191. The Morgan fingerprint density at radius 3 is 1.41 bits per heavy atom. The third kappa shape index (κ3) is 4.38. The van der Waals surface area contributed by atoms with Gasteiger partial charge >= 0.3 is 0 Å². The Kier molecular flexibility index (Phi) is 7.06. The van der Waals surface area contributed by atoms with Crippen molar-refractivity contribution in [2.24, 2.45) is 5.41 Å². The van der Waals surface area contributed by atoms with E-state index < -0.39 is 22.5 Å². The van der Waals surface area contributed by atoms with Crippen LogP contribution in [-0.2, 0) is 25.7 Å². The number of fused-ring (bicyclic) bond motifs is 1. The number of hydrogen-bond acceptors (Lipinski definition) is 5. The summed E-state index contributed by atoms with van der Waals surface area (Å²) in [7, 11) is 0. The van der Waals surface area contributed by atoms with Crippen molar-refractivity contribution >= 4 is 57.9 Å². The number of ether oxygens (including phenoxy) is 1. The van der Waals surface area contributed by atoms with Crippen molar-refractivity contribution in [3.8, 4) is 0 Å². The molecule has 5 nitrogen and oxygen atoms in total. The number of para-hydroxylation sites is 1. The average molecular weight is 689 g/mol. The molecule has 0 spiro atoms. The van der Waals surface area contributed by atoms with Gasteiger partial charge in [-0.3, -0.25) is 4.79 Å². The zero-order valence-corrected chi connectivity index (χ0v) is 27.1. The molecule has 2 unspecified atom stereocenters. The van der Waals surface area contributed by atoms with Gasteiger partial charge in [0.2, 0.25) is 0 Å². The molecule has 0 aromatic heterocycles. The summed E-state index contributed by atoms with van der Waals surface area (Å²) in [5.41, 5.74) is 0.463. The van der Waals surface area contributed by atoms with Gasteiger partial charge in [0, 0.05) is 44.2 Å². The lowest BCUT2D eigenvalue weighted by molar-refractivity contribution is -0.498. The molecule has 3 aliphatic heterocycles. The zero-order valence-electron chi connectivity index (χ0n) is 24.1. The first-order valence-corrected chi connectivity index (χ1v) is 16.2. The smallest absolute Gasteiger partial charge is 0.294 e. The van der Waals surface area contributed by atoms with E-state index in [1.807, 2.05) is 97.1 Å². The highest BCUT2D eigenvalue weighted by Gasteiger charge is 2.77. The van der Waals surface area contributed by atoms with Crippen LogP contribution < -0.4 is 5.32 Å². The van der Waals surface area contributed by atoms with Gasteiger partial charge in [-0.1, -0.05) is 107 Å². The normalized spacial score (nSPS) is 24.0. The van der Waals surface area contributed by atoms with Crippen LogP contribution >= 0.6 is 46.4 Å². The third-order valence-corrected chi connectivity index (χ3v) is 10.5. The molecule has 8 rings (SSSR count). The van der Waals surface area contributed by atoms with Crippen LogP contribution in [0, 0.1) is 5.41 Å². The Labute approximate surface area is 285 Å². The summed E-state index contributed by atoms with van der Waals surface area (Å²) < 4.78 is 7.21. The fourth-order valence-corrected chi connectivity index (χ4v) is 7.82. The van der Waals surface area contributed by atoms with Gasteiger partial charge in [0.1, 0.15) is 11.0 Å². The van der Waals surface area contributed by atoms with Crippen LogP contribution in [0.1, 0.15) is 45.5 Å². The number of halogens is 4. The average Bonchev–Trinajstić information content (AvgIpc) is 3.38. The Morgan fingerprint density at radius 1 is 0.522 bits per heavy atom. The number of carbonyl (C=O) groups is 1. The van der Waals surface area contributed by atoms with E-state index in [4.69, 9.17) is 60.9 Å². The summed E-state index contributed by atoms with van der Waals surface area (Å²) in [6.07, 6.45) is 0.363. The van der Waals surface area contributed by atoms with Crippen LogP contribution in [0.15, 0.2) is 121 Å². The van der Waals surface area contributed by atoms with Crippen LogP contribution in [-0.4, -0.2) is 11.7 Å². The van der Waals surface area contributed by atoms with E-state index in [-0.39, 0.29) is 18.6 Å². The van der Waals surface area contributed by atoms with Crippen molar-refractivity contribution in [2.75, 3.05) is 5.32 Å². The lowest BCUT2D eigenvalue weighted by atomic mass is 9.60. The molecule has 9 heteroatoms. The highest BCUT2D eigenvalue weighted by Crippen LogP contribution is 2.68. The summed E-state index contributed by atoms with van der Waals surface area (Å²) >= 11 is 25.4. The minimum absolute atomic E-state index is 0.123. The van der Waals surface area contributed by atoms with E-state index in [0.717, 1.165) is 22.3 Å². The second-order valence-electron chi connectivity index (χ2n) is 12.0. The molecule has 5 aromatic carbocycles. The summed E-state index contributed by atoms with van der Waals surface area (Å²) in [6, 6.07) is 37.0. The molecule has 0 saturated carbocycles. The van der Waals surface area contributed by atoms with Gasteiger partial charge in [0.15, 0.2) is 11.4 Å². The standard InChI is InChI=1S/C37H25Cl4NO4/c38-27-13-5-23(6-14-27)35(24-7-15-28(39)16-8-24)21-34-22-36(25-9-17-29(40)18-10-25,26-11-19-30(41)20-12-26)45-46-37(34,44-35)42-32-4-2-1-3-31(32)33(34)43/h1-20,42H,21-22H2. The predicted octanol–water partition coefficient (Wildman–Crippen LogP) is 10.2. The number of ketones is 1. The number of Topliss-reactive ketones (excluding diaryl/α,β-unsaturated/α-hetero) is 1. The van der Waals surface area contributed by atoms with E-state index in [2.05, 4.69) is 5.32 Å². The number of benzene rings is 5. The maximum Gasteiger partial charge on any atom is 0.294 e. The summed E-state index contributed by atoms with van der Waals surface area (Å²) in [5, 5.41) is 5.77. The van der Waals surface area contributed by atoms with Gasteiger partial charge in [-0.25, -0.2) is 4.89 Å². The fourth-order valence-electron chi connectivity index (χ4n) is 7.31. The van der Waals surface area contributed by atoms with E-state index in [1.54, 1.807) is 24.3 Å². The number of carbonyl (C=O) groups excluding carboxylic acids is 1. The molecule has 0 amide bonds. The molecular weight excluding hydrogens is 664 g/mol. The second-order valence-corrected chi connectivity index (χ2v) is 13.7. The van der Waals surface area contributed by atoms with E-state index in [1.165, 1.54) is 0 Å². The van der Waals surface area contributed by atoms with Crippen LogP contribution in [0.4, 0.5) is 5.69 Å². The largest absolute Gasteiger partial charge is 0.331 e. The molecule has 0 aliphatic carbocycles. The van der Waals surface area contributed by atoms with Crippen LogP contribution in [0.5, 0.6) is 0 Å². The third-order valence-electron chi connectivity index (χ3n) is 9.50.